The van der Waals surface area contributed by atoms with E-state index in [0.29, 0.717) is 6.61 Å². The Labute approximate surface area is 122 Å². The van der Waals surface area contributed by atoms with Crippen LogP contribution in [0.1, 0.15) is 46.4 Å². The maximum Gasteiger partial charge on any atom is 0.142 e. The van der Waals surface area contributed by atoms with Crippen LogP contribution in [0.25, 0.3) is 0 Å². The summed E-state index contributed by atoms with van der Waals surface area (Å²) in [6, 6.07) is 3.84. The maximum absolute atomic E-state index is 6.02. The van der Waals surface area contributed by atoms with E-state index in [1.54, 1.807) is 13.3 Å². The molecule has 0 aromatic carbocycles. The predicted molar refractivity (Wildman–Crippen MR) is 82.1 cm³/mol. The van der Waals surface area contributed by atoms with Gasteiger partial charge in [0.15, 0.2) is 0 Å². The number of likely N-dealkylation sites (N-methyl/N-ethyl adjacent to an activating group) is 1. The molecule has 114 valence electrons. The number of nitrogens with zero attached hydrogens (tertiary/aromatic N) is 1. The zero-order chi connectivity index (χ0) is 15.2. The molecule has 0 amide bonds. The highest BCUT2D eigenvalue weighted by Crippen LogP contribution is 2.35. The molecule has 1 heterocycles. The van der Waals surface area contributed by atoms with Gasteiger partial charge >= 0.3 is 0 Å². The SMILES string of the molecule is CCNC(c1ncccc1OC)C(OCC)C(C)(C)C. The summed E-state index contributed by atoms with van der Waals surface area (Å²) in [5.74, 6) is 0.799. The van der Waals surface area contributed by atoms with E-state index in [4.69, 9.17) is 9.47 Å². The summed E-state index contributed by atoms with van der Waals surface area (Å²) in [5, 5.41) is 3.50. The number of rotatable bonds is 7. The van der Waals surface area contributed by atoms with Crippen LogP contribution in [0, 0.1) is 5.41 Å². The van der Waals surface area contributed by atoms with E-state index in [0.717, 1.165) is 18.0 Å². The fourth-order valence-corrected chi connectivity index (χ4v) is 2.40. The monoisotopic (exact) mass is 280 g/mol. The number of nitrogens with one attached hydrogen (secondary N) is 1. The zero-order valence-corrected chi connectivity index (χ0v) is 13.6. The second kappa shape index (κ2) is 7.60. The molecule has 4 nitrogen and oxygen atoms in total. The predicted octanol–water partition coefficient (Wildman–Crippen LogP) is 3.19. The van der Waals surface area contributed by atoms with E-state index in [1.807, 2.05) is 19.1 Å². The molecule has 1 N–H and O–H groups in total. The molecule has 0 aliphatic carbocycles. The van der Waals surface area contributed by atoms with Gasteiger partial charge < -0.3 is 14.8 Å². The largest absolute Gasteiger partial charge is 0.495 e. The lowest BCUT2D eigenvalue weighted by molar-refractivity contribution is -0.0376. The molecule has 2 atom stereocenters. The Kier molecular flexibility index (Phi) is 6.43. The molecule has 1 aromatic heterocycles. The highest BCUT2D eigenvalue weighted by atomic mass is 16.5. The smallest absolute Gasteiger partial charge is 0.142 e. The summed E-state index contributed by atoms with van der Waals surface area (Å²) in [7, 11) is 1.68. The first-order valence-corrected chi connectivity index (χ1v) is 7.29. The van der Waals surface area contributed by atoms with Crippen molar-refractivity contribution in [1.29, 1.82) is 0 Å². The standard InChI is InChI=1S/C16H28N2O2/c1-7-17-14(15(20-8-2)16(3,4)5)13-12(19-6)10-9-11-18-13/h9-11,14-15,17H,7-8H2,1-6H3. The molecule has 0 saturated carbocycles. The van der Waals surface area contributed by atoms with Crippen molar-refractivity contribution < 1.29 is 9.47 Å². The third-order valence-electron chi connectivity index (χ3n) is 3.24. The van der Waals surface area contributed by atoms with Crippen LogP contribution in [-0.2, 0) is 4.74 Å². The molecule has 0 bridgehead atoms. The normalized spacial score (nSPS) is 14.9. The molecule has 2 unspecified atom stereocenters. The van der Waals surface area contributed by atoms with E-state index in [2.05, 4.69) is 38.0 Å². The van der Waals surface area contributed by atoms with Crippen LogP contribution in [0.3, 0.4) is 0 Å². The van der Waals surface area contributed by atoms with Crippen LogP contribution in [-0.4, -0.2) is 31.3 Å². The Bertz CT molecular complexity index is 402. The van der Waals surface area contributed by atoms with Gasteiger partial charge in [0.1, 0.15) is 11.4 Å². The molecule has 0 aliphatic heterocycles. The first kappa shape index (κ1) is 16.9. The number of hydrogen-bond acceptors (Lipinski definition) is 4. The zero-order valence-electron chi connectivity index (χ0n) is 13.6. The van der Waals surface area contributed by atoms with Crippen molar-refractivity contribution in [3.05, 3.63) is 24.0 Å². The van der Waals surface area contributed by atoms with Crippen LogP contribution in [0.2, 0.25) is 0 Å². The second-order valence-corrected chi connectivity index (χ2v) is 5.87. The van der Waals surface area contributed by atoms with Crippen molar-refractivity contribution in [3.63, 3.8) is 0 Å². The van der Waals surface area contributed by atoms with Gasteiger partial charge in [0.25, 0.3) is 0 Å². The molecular formula is C16H28N2O2. The number of aromatic nitrogens is 1. The first-order valence-electron chi connectivity index (χ1n) is 7.29. The number of hydrogen-bond donors (Lipinski definition) is 1. The molecule has 4 heteroatoms. The summed E-state index contributed by atoms with van der Waals surface area (Å²) >= 11 is 0. The average Bonchev–Trinajstić information content (AvgIpc) is 2.41. The van der Waals surface area contributed by atoms with Crippen molar-refractivity contribution in [2.45, 2.75) is 46.8 Å². The summed E-state index contributed by atoms with van der Waals surface area (Å²) in [5.41, 5.74) is 0.913. The topological polar surface area (TPSA) is 43.4 Å². The van der Waals surface area contributed by atoms with Crippen molar-refractivity contribution in [2.24, 2.45) is 5.41 Å². The van der Waals surface area contributed by atoms with Gasteiger partial charge in [0.05, 0.1) is 19.3 Å². The lowest BCUT2D eigenvalue weighted by Crippen LogP contribution is -2.42. The van der Waals surface area contributed by atoms with Crippen molar-refractivity contribution in [1.82, 2.24) is 10.3 Å². The quantitative estimate of drug-likeness (QED) is 0.833. The lowest BCUT2D eigenvalue weighted by atomic mass is 9.83. The van der Waals surface area contributed by atoms with Crippen LogP contribution in [0.4, 0.5) is 0 Å². The van der Waals surface area contributed by atoms with Gasteiger partial charge in [0.2, 0.25) is 0 Å². The Morgan fingerprint density at radius 1 is 1.30 bits per heavy atom. The summed E-state index contributed by atoms with van der Waals surface area (Å²) in [6.45, 7) is 12.2. The summed E-state index contributed by atoms with van der Waals surface area (Å²) < 4.78 is 11.5. The highest BCUT2D eigenvalue weighted by Gasteiger charge is 2.35. The highest BCUT2D eigenvalue weighted by molar-refractivity contribution is 5.30. The minimum atomic E-state index is 0.00534. The van der Waals surface area contributed by atoms with E-state index in [1.165, 1.54) is 0 Å². The second-order valence-electron chi connectivity index (χ2n) is 5.87. The van der Waals surface area contributed by atoms with Crippen LogP contribution < -0.4 is 10.1 Å². The molecule has 1 aromatic rings. The average molecular weight is 280 g/mol. The Hall–Kier alpha value is -1.13. The third-order valence-corrected chi connectivity index (χ3v) is 3.24. The molecule has 0 fully saturated rings. The van der Waals surface area contributed by atoms with Crippen LogP contribution in [0.5, 0.6) is 5.75 Å². The minimum absolute atomic E-state index is 0.00534. The number of pyridine rings is 1. The van der Waals surface area contributed by atoms with E-state index < -0.39 is 0 Å². The Balaban J connectivity index is 3.20. The Morgan fingerprint density at radius 2 is 2.00 bits per heavy atom. The number of ether oxygens (including phenoxy) is 2. The fourth-order valence-electron chi connectivity index (χ4n) is 2.40. The van der Waals surface area contributed by atoms with E-state index >= 15 is 0 Å². The van der Waals surface area contributed by atoms with Crippen LogP contribution in [0.15, 0.2) is 18.3 Å². The molecular weight excluding hydrogens is 252 g/mol. The van der Waals surface area contributed by atoms with Gasteiger partial charge in [-0.05, 0) is 31.0 Å². The van der Waals surface area contributed by atoms with E-state index in [9.17, 15) is 0 Å². The molecule has 0 saturated heterocycles. The molecule has 0 spiro atoms. The molecule has 0 aliphatic rings. The fraction of sp³-hybridized carbons (Fsp3) is 0.688. The maximum atomic E-state index is 6.02. The third kappa shape index (κ3) is 4.18. The van der Waals surface area contributed by atoms with Crippen LogP contribution >= 0.6 is 0 Å². The van der Waals surface area contributed by atoms with Gasteiger partial charge in [-0.2, -0.15) is 0 Å². The van der Waals surface area contributed by atoms with E-state index in [-0.39, 0.29) is 17.6 Å². The summed E-state index contributed by atoms with van der Waals surface area (Å²) in [4.78, 5) is 4.52. The van der Waals surface area contributed by atoms with Gasteiger partial charge in [-0.25, -0.2) is 0 Å². The van der Waals surface area contributed by atoms with Gasteiger partial charge in [-0.15, -0.1) is 0 Å². The van der Waals surface area contributed by atoms with Crippen molar-refractivity contribution >= 4 is 0 Å². The van der Waals surface area contributed by atoms with Gasteiger partial charge in [0, 0.05) is 12.8 Å². The van der Waals surface area contributed by atoms with Crippen molar-refractivity contribution in [2.75, 3.05) is 20.3 Å². The van der Waals surface area contributed by atoms with Crippen molar-refractivity contribution in [3.8, 4) is 5.75 Å². The lowest BCUT2D eigenvalue weighted by Gasteiger charge is -2.37. The van der Waals surface area contributed by atoms with Gasteiger partial charge in [-0.3, -0.25) is 4.98 Å². The Morgan fingerprint density at radius 3 is 2.50 bits per heavy atom. The molecule has 1 rings (SSSR count). The van der Waals surface area contributed by atoms with Gasteiger partial charge in [-0.1, -0.05) is 27.7 Å². The molecule has 20 heavy (non-hydrogen) atoms. The minimum Gasteiger partial charge on any atom is -0.495 e. The first-order chi connectivity index (χ1) is 9.45. The number of methoxy groups -OCH3 is 1. The summed E-state index contributed by atoms with van der Waals surface area (Å²) in [6.07, 6.45) is 1.82. The molecule has 0 radical (unpaired) electrons.